The molecule has 0 aromatic heterocycles. The molecule has 12 heteroatoms. The van der Waals surface area contributed by atoms with Gasteiger partial charge in [0.25, 0.3) is 0 Å². The lowest BCUT2D eigenvalue weighted by atomic mass is 9.76. The maximum absolute atomic E-state index is 14.1. The topological polar surface area (TPSA) is 74.7 Å². The van der Waals surface area contributed by atoms with Gasteiger partial charge < -0.3 is 10.5 Å². The van der Waals surface area contributed by atoms with E-state index in [9.17, 15) is 30.7 Å². The van der Waals surface area contributed by atoms with Crippen LogP contribution in [0, 0.1) is 10.8 Å². The summed E-state index contributed by atoms with van der Waals surface area (Å²) in [6.45, 7) is 0.473. The second-order valence-corrected chi connectivity index (χ2v) is 6.61. The molecular formula is C16H17F7N4O. The molecule has 0 saturated carbocycles. The fraction of sp³-hybridized carbons (Fsp3) is 0.500. The highest BCUT2D eigenvalue weighted by molar-refractivity contribution is 6.08. The first kappa shape index (κ1) is 21.8. The van der Waals surface area contributed by atoms with Crippen molar-refractivity contribution in [3.63, 3.8) is 0 Å². The maximum atomic E-state index is 14.1. The van der Waals surface area contributed by atoms with Gasteiger partial charge >= 0.3 is 18.0 Å². The van der Waals surface area contributed by atoms with Crippen LogP contribution in [0.5, 0.6) is 5.75 Å². The Morgan fingerprint density at radius 3 is 2.29 bits per heavy atom. The predicted octanol–water partition coefficient (Wildman–Crippen LogP) is 3.84. The molecule has 0 aliphatic carbocycles. The number of hydrazone groups is 1. The second kappa shape index (κ2) is 6.82. The van der Waals surface area contributed by atoms with Gasteiger partial charge in [0.1, 0.15) is 5.75 Å². The minimum absolute atomic E-state index is 0.113. The number of alkyl halides is 7. The summed E-state index contributed by atoms with van der Waals surface area (Å²) in [5, 5.41) is 12.1. The first-order valence-electron chi connectivity index (χ1n) is 7.83. The van der Waals surface area contributed by atoms with Gasteiger partial charge in [0.2, 0.25) is 5.96 Å². The summed E-state index contributed by atoms with van der Waals surface area (Å²) in [5.74, 6) is -12.2. The van der Waals surface area contributed by atoms with Crippen LogP contribution in [0.2, 0.25) is 0 Å². The molecule has 5 nitrogen and oxygen atoms in total. The molecule has 28 heavy (non-hydrogen) atoms. The van der Waals surface area contributed by atoms with E-state index in [4.69, 9.17) is 15.9 Å². The predicted molar refractivity (Wildman–Crippen MR) is 86.8 cm³/mol. The monoisotopic (exact) mass is 414 g/mol. The average molecular weight is 414 g/mol. The molecule has 1 unspecified atom stereocenters. The number of benzene rings is 1. The molecule has 1 heterocycles. The third-order valence-electron chi connectivity index (χ3n) is 4.36. The zero-order valence-corrected chi connectivity index (χ0v) is 14.7. The zero-order valence-electron chi connectivity index (χ0n) is 14.7. The Kier molecular flexibility index (Phi) is 5.30. The van der Waals surface area contributed by atoms with E-state index < -0.39 is 42.4 Å². The highest BCUT2D eigenvalue weighted by atomic mass is 19.4. The van der Waals surface area contributed by atoms with Crippen molar-refractivity contribution in [3.05, 3.63) is 29.8 Å². The molecule has 0 spiro atoms. The van der Waals surface area contributed by atoms with Crippen LogP contribution in [0.15, 0.2) is 29.4 Å². The Bertz CT molecular complexity index is 793. The van der Waals surface area contributed by atoms with Crippen molar-refractivity contribution in [1.29, 1.82) is 5.41 Å². The van der Waals surface area contributed by atoms with Gasteiger partial charge in [0.05, 0.1) is 19.4 Å². The standard InChI is InChI=1S/C16H17F7N4O/c1-13(7-14(17,18)15(19,20)16(21,22)23)8-27(12(24)25)26-11(13)9-5-3-4-6-10(9)28-2/h3-6H,7-8H2,1-2H3,(H3,24,25). The number of halogens is 7. The Hall–Kier alpha value is -2.53. The normalized spacial score (nSPS) is 20.9. The number of guanidine groups is 1. The molecule has 1 aromatic rings. The average Bonchev–Trinajstić information content (AvgIpc) is 2.90. The number of ether oxygens (including phenoxy) is 1. The largest absolute Gasteiger partial charge is 0.496 e. The highest BCUT2D eigenvalue weighted by Gasteiger charge is 2.74. The number of rotatable bonds is 5. The minimum Gasteiger partial charge on any atom is -0.496 e. The van der Waals surface area contributed by atoms with E-state index in [1.54, 1.807) is 6.07 Å². The molecule has 1 aliphatic rings. The summed E-state index contributed by atoms with van der Waals surface area (Å²) in [6.07, 6.45) is -8.32. The van der Waals surface area contributed by atoms with Crippen LogP contribution in [0.4, 0.5) is 30.7 Å². The number of hydrogen-bond donors (Lipinski definition) is 2. The van der Waals surface area contributed by atoms with Crippen LogP contribution in [0.25, 0.3) is 0 Å². The van der Waals surface area contributed by atoms with Crippen molar-refractivity contribution >= 4 is 11.7 Å². The fourth-order valence-corrected chi connectivity index (χ4v) is 2.99. The van der Waals surface area contributed by atoms with Crippen LogP contribution < -0.4 is 10.5 Å². The molecule has 0 bridgehead atoms. The van der Waals surface area contributed by atoms with E-state index in [1.165, 1.54) is 25.3 Å². The van der Waals surface area contributed by atoms with E-state index in [1.807, 2.05) is 0 Å². The SMILES string of the molecule is COc1ccccc1C1=NN(C(=N)N)CC1(C)CC(F)(F)C(F)(F)C(F)(F)F. The van der Waals surface area contributed by atoms with Crippen molar-refractivity contribution in [2.75, 3.05) is 13.7 Å². The van der Waals surface area contributed by atoms with Crippen LogP contribution in [-0.2, 0) is 0 Å². The van der Waals surface area contributed by atoms with E-state index in [0.717, 1.165) is 11.9 Å². The third-order valence-corrected chi connectivity index (χ3v) is 4.36. The van der Waals surface area contributed by atoms with Crippen molar-refractivity contribution in [2.24, 2.45) is 16.3 Å². The van der Waals surface area contributed by atoms with Gasteiger partial charge in [-0.15, -0.1) is 0 Å². The molecular weight excluding hydrogens is 397 g/mol. The van der Waals surface area contributed by atoms with Crippen molar-refractivity contribution in [2.45, 2.75) is 31.4 Å². The third kappa shape index (κ3) is 3.59. The molecule has 2 rings (SSSR count). The van der Waals surface area contributed by atoms with Crippen molar-refractivity contribution < 1.29 is 35.5 Å². The van der Waals surface area contributed by atoms with Crippen LogP contribution in [-0.4, -0.2) is 48.4 Å². The lowest BCUT2D eigenvalue weighted by molar-refractivity contribution is -0.358. The van der Waals surface area contributed by atoms with E-state index in [-0.39, 0.29) is 17.0 Å². The first-order chi connectivity index (χ1) is 12.7. The second-order valence-electron chi connectivity index (χ2n) is 6.61. The summed E-state index contributed by atoms with van der Waals surface area (Å²) in [5.41, 5.74) is 3.19. The van der Waals surface area contributed by atoms with E-state index >= 15 is 0 Å². The number of para-hydroxylation sites is 1. The first-order valence-corrected chi connectivity index (χ1v) is 7.83. The van der Waals surface area contributed by atoms with Gasteiger partial charge in [-0.3, -0.25) is 5.41 Å². The summed E-state index contributed by atoms with van der Waals surface area (Å²) in [6, 6.07) is 5.86. The molecule has 1 aromatic carbocycles. The van der Waals surface area contributed by atoms with Crippen molar-refractivity contribution in [3.8, 4) is 5.75 Å². The van der Waals surface area contributed by atoms with Gasteiger partial charge in [0.15, 0.2) is 0 Å². The molecule has 3 N–H and O–H groups in total. The van der Waals surface area contributed by atoms with Gasteiger partial charge in [0, 0.05) is 17.4 Å². The minimum atomic E-state index is -6.44. The van der Waals surface area contributed by atoms with Gasteiger partial charge in [-0.05, 0) is 12.1 Å². The number of nitrogens with two attached hydrogens (primary N) is 1. The van der Waals surface area contributed by atoms with Crippen molar-refractivity contribution in [1.82, 2.24) is 5.01 Å². The summed E-state index contributed by atoms with van der Waals surface area (Å²) in [4.78, 5) is 0. The smallest absolute Gasteiger partial charge is 0.459 e. The lowest BCUT2D eigenvalue weighted by Crippen LogP contribution is -2.55. The number of nitrogens with one attached hydrogen (secondary N) is 1. The highest BCUT2D eigenvalue weighted by Crippen LogP contribution is 2.52. The van der Waals surface area contributed by atoms with Crippen LogP contribution in [0.3, 0.4) is 0 Å². The number of methoxy groups -OCH3 is 1. The molecule has 0 radical (unpaired) electrons. The molecule has 0 amide bonds. The molecule has 0 fully saturated rings. The molecule has 156 valence electrons. The quantitative estimate of drug-likeness (QED) is 0.437. The fourth-order valence-electron chi connectivity index (χ4n) is 2.99. The zero-order chi connectivity index (χ0) is 21.5. The van der Waals surface area contributed by atoms with E-state index in [0.29, 0.717) is 0 Å². The number of nitrogens with zero attached hydrogens (tertiary/aromatic N) is 2. The summed E-state index contributed by atoms with van der Waals surface area (Å²) >= 11 is 0. The van der Waals surface area contributed by atoms with Crippen LogP contribution >= 0.6 is 0 Å². The molecule has 0 saturated heterocycles. The Morgan fingerprint density at radius 1 is 1.21 bits per heavy atom. The van der Waals surface area contributed by atoms with Gasteiger partial charge in [-0.25, -0.2) is 5.01 Å². The summed E-state index contributed by atoms with van der Waals surface area (Å²) in [7, 11) is 1.26. The maximum Gasteiger partial charge on any atom is 0.459 e. The summed E-state index contributed by atoms with van der Waals surface area (Å²) < 4.78 is 97.8. The van der Waals surface area contributed by atoms with Gasteiger partial charge in [-0.2, -0.15) is 35.8 Å². The number of hydrogen-bond acceptors (Lipinski definition) is 3. The Morgan fingerprint density at radius 2 is 1.79 bits per heavy atom. The van der Waals surface area contributed by atoms with Gasteiger partial charge in [-0.1, -0.05) is 19.1 Å². The Balaban J connectivity index is 2.54. The van der Waals surface area contributed by atoms with Crippen LogP contribution in [0.1, 0.15) is 18.9 Å². The lowest BCUT2D eigenvalue weighted by Gasteiger charge is -2.35. The molecule has 1 atom stereocenters. The molecule has 1 aliphatic heterocycles. The van der Waals surface area contributed by atoms with E-state index in [2.05, 4.69) is 5.10 Å². The Labute approximate surface area is 155 Å².